The minimum Gasteiger partial charge on any atom is -0.377 e. The number of hydrogen-bond donors (Lipinski definition) is 1. The van der Waals surface area contributed by atoms with Crippen molar-refractivity contribution in [1.29, 1.82) is 5.26 Å². The van der Waals surface area contributed by atoms with Gasteiger partial charge in [0.2, 0.25) is 0 Å². The highest BCUT2D eigenvalue weighted by atomic mass is 16.5. The van der Waals surface area contributed by atoms with E-state index in [1.165, 1.54) is 0 Å². The Kier molecular flexibility index (Phi) is 8.99. The summed E-state index contributed by atoms with van der Waals surface area (Å²) in [6, 6.07) is 2.76. The highest BCUT2D eigenvalue weighted by Gasteiger charge is 2.26. The molecule has 0 aromatic carbocycles. The fourth-order valence-electron chi connectivity index (χ4n) is 1.96. The van der Waals surface area contributed by atoms with Gasteiger partial charge in [0.1, 0.15) is 5.54 Å². The molecule has 0 saturated heterocycles. The van der Waals surface area contributed by atoms with Crippen LogP contribution in [0.3, 0.4) is 0 Å². The molecule has 2 atom stereocenters. The molecule has 0 amide bonds. The van der Waals surface area contributed by atoms with Crippen molar-refractivity contribution in [3.05, 3.63) is 0 Å². The Balaban J connectivity index is 4.17. The van der Waals surface area contributed by atoms with Gasteiger partial charge in [0.25, 0.3) is 0 Å². The minimum atomic E-state index is -0.442. The molecule has 0 heterocycles. The van der Waals surface area contributed by atoms with E-state index >= 15 is 0 Å². The van der Waals surface area contributed by atoms with E-state index in [0.717, 1.165) is 32.5 Å². The Hall–Kier alpha value is -0.630. The summed E-state index contributed by atoms with van der Waals surface area (Å²) in [7, 11) is 2.09. The van der Waals surface area contributed by atoms with Gasteiger partial charge in [0, 0.05) is 12.6 Å². The van der Waals surface area contributed by atoms with Crippen LogP contribution in [0.4, 0.5) is 0 Å². The van der Waals surface area contributed by atoms with E-state index in [9.17, 15) is 5.26 Å². The van der Waals surface area contributed by atoms with Crippen LogP contribution in [-0.4, -0.2) is 49.3 Å². The maximum Gasteiger partial charge on any atom is 0.105 e. The molecule has 19 heavy (non-hydrogen) atoms. The van der Waals surface area contributed by atoms with Gasteiger partial charge in [-0.1, -0.05) is 6.92 Å². The molecule has 0 aliphatic heterocycles. The van der Waals surface area contributed by atoms with Crippen molar-refractivity contribution in [2.45, 2.75) is 65.1 Å². The van der Waals surface area contributed by atoms with Crippen LogP contribution in [-0.2, 0) is 4.74 Å². The molecule has 0 aliphatic carbocycles. The molecule has 0 radical (unpaired) electrons. The van der Waals surface area contributed by atoms with E-state index < -0.39 is 5.54 Å². The topological polar surface area (TPSA) is 48.3 Å². The normalized spacial score (nSPS) is 16.4. The molecule has 0 spiro atoms. The van der Waals surface area contributed by atoms with E-state index in [-0.39, 0.29) is 6.10 Å². The van der Waals surface area contributed by atoms with Crippen LogP contribution in [0.15, 0.2) is 0 Å². The van der Waals surface area contributed by atoms with Crippen molar-refractivity contribution in [2.75, 3.05) is 26.7 Å². The third-order valence-corrected chi connectivity index (χ3v) is 3.36. The van der Waals surface area contributed by atoms with Crippen LogP contribution in [0.2, 0.25) is 0 Å². The van der Waals surface area contributed by atoms with Gasteiger partial charge >= 0.3 is 0 Å². The Bertz CT molecular complexity index is 275. The molecule has 112 valence electrons. The summed E-state index contributed by atoms with van der Waals surface area (Å²) in [5.74, 6) is 0. The highest BCUT2D eigenvalue weighted by molar-refractivity contribution is 5.05. The van der Waals surface area contributed by atoms with E-state index in [1.807, 2.05) is 20.8 Å². The Labute approximate surface area is 119 Å². The third-order valence-electron chi connectivity index (χ3n) is 3.36. The Morgan fingerprint density at radius 3 is 2.47 bits per heavy atom. The first-order valence-electron chi connectivity index (χ1n) is 7.32. The molecule has 0 rings (SSSR count). The first kappa shape index (κ1) is 18.4. The predicted molar refractivity (Wildman–Crippen MR) is 80.1 cm³/mol. The molecule has 1 N–H and O–H groups in total. The van der Waals surface area contributed by atoms with Crippen molar-refractivity contribution in [3.8, 4) is 6.07 Å². The van der Waals surface area contributed by atoms with Gasteiger partial charge in [-0.15, -0.1) is 0 Å². The Morgan fingerprint density at radius 1 is 1.37 bits per heavy atom. The number of nitrogens with one attached hydrogen (secondary N) is 1. The van der Waals surface area contributed by atoms with Crippen LogP contribution < -0.4 is 5.32 Å². The molecular formula is C15H31N3O. The minimum absolute atomic E-state index is 0.277. The number of nitrogens with zero attached hydrogens (tertiary/aromatic N) is 2. The van der Waals surface area contributed by atoms with Crippen LogP contribution >= 0.6 is 0 Å². The SMILES string of the molecule is CCCNC(C)(C#N)CC(C)N(C)CCOC(C)C. The molecule has 4 heteroatoms. The number of ether oxygens (including phenoxy) is 1. The van der Waals surface area contributed by atoms with Crippen molar-refractivity contribution in [1.82, 2.24) is 10.2 Å². The standard InChI is InChI=1S/C15H31N3O/c1-7-8-17-15(5,12-16)11-14(4)18(6)9-10-19-13(2)3/h13-14,17H,7-11H2,1-6H3. The fourth-order valence-corrected chi connectivity index (χ4v) is 1.96. The highest BCUT2D eigenvalue weighted by Crippen LogP contribution is 2.15. The monoisotopic (exact) mass is 269 g/mol. The second-order valence-corrected chi connectivity index (χ2v) is 5.82. The smallest absolute Gasteiger partial charge is 0.105 e. The summed E-state index contributed by atoms with van der Waals surface area (Å²) < 4.78 is 5.56. The summed E-state index contributed by atoms with van der Waals surface area (Å²) in [6.45, 7) is 12.9. The second kappa shape index (κ2) is 9.30. The van der Waals surface area contributed by atoms with Gasteiger partial charge in [-0.2, -0.15) is 5.26 Å². The van der Waals surface area contributed by atoms with Gasteiger partial charge in [-0.05, 0) is 54.1 Å². The molecular weight excluding hydrogens is 238 g/mol. The van der Waals surface area contributed by atoms with Gasteiger partial charge in [0.05, 0.1) is 18.8 Å². The van der Waals surface area contributed by atoms with Crippen LogP contribution in [0.25, 0.3) is 0 Å². The second-order valence-electron chi connectivity index (χ2n) is 5.82. The van der Waals surface area contributed by atoms with E-state index in [2.05, 4.69) is 37.2 Å². The van der Waals surface area contributed by atoms with Crippen molar-refractivity contribution >= 4 is 0 Å². The molecule has 4 nitrogen and oxygen atoms in total. The lowest BCUT2D eigenvalue weighted by Gasteiger charge is -2.32. The zero-order valence-electron chi connectivity index (χ0n) is 13.5. The summed E-state index contributed by atoms with van der Waals surface area (Å²) in [6.07, 6.45) is 2.14. The lowest BCUT2D eigenvalue weighted by atomic mass is 9.94. The lowest BCUT2D eigenvalue weighted by Crippen LogP contribution is -2.47. The van der Waals surface area contributed by atoms with Crippen LogP contribution in [0.5, 0.6) is 0 Å². The lowest BCUT2D eigenvalue weighted by molar-refractivity contribution is 0.0547. The van der Waals surface area contributed by atoms with Gasteiger partial charge in [-0.3, -0.25) is 5.32 Å². The molecule has 0 fully saturated rings. The number of hydrogen-bond acceptors (Lipinski definition) is 4. The van der Waals surface area contributed by atoms with E-state index in [4.69, 9.17) is 4.74 Å². The summed E-state index contributed by atoms with van der Waals surface area (Å²) >= 11 is 0. The quantitative estimate of drug-likeness (QED) is 0.661. The molecule has 2 unspecified atom stereocenters. The number of rotatable bonds is 10. The zero-order valence-corrected chi connectivity index (χ0v) is 13.5. The molecule has 0 bridgehead atoms. The average molecular weight is 269 g/mol. The maximum absolute atomic E-state index is 9.34. The van der Waals surface area contributed by atoms with Crippen molar-refractivity contribution < 1.29 is 4.74 Å². The van der Waals surface area contributed by atoms with Crippen LogP contribution in [0, 0.1) is 11.3 Å². The number of likely N-dealkylation sites (N-methyl/N-ethyl adjacent to an activating group) is 1. The molecule has 0 saturated carbocycles. The molecule has 0 aromatic rings. The summed E-state index contributed by atoms with van der Waals surface area (Å²) in [5, 5.41) is 12.7. The fraction of sp³-hybridized carbons (Fsp3) is 0.933. The summed E-state index contributed by atoms with van der Waals surface area (Å²) in [4.78, 5) is 2.26. The largest absolute Gasteiger partial charge is 0.377 e. The maximum atomic E-state index is 9.34. The molecule has 0 aliphatic rings. The van der Waals surface area contributed by atoms with Gasteiger partial charge in [0.15, 0.2) is 0 Å². The summed E-state index contributed by atoms with van der Waals surface area (Å²) in [5.41, 5.74) is -0.442. The van der Waals surface area contributed by atoms with Crippen molar-refractivity contribution in [2.24, 2.45) is 0 Å². The molecule has 0 aromatic heterocycles. The zero-order chi connectivity index (χ0) is 14.9. The van der Waals surface area contributed by atoms with Gasteiger partial charge in [-0.25, -0.2) is 0 Å². The van der Waals surface area contributed by atoms with Crippen molar-refractivity contribution in [3.63, 3.8) is 0 Å². The van der Waals surface area contributed by atoms with Gasteiger partial charge < -0.3 is 9.64 Å². The predicted octanol–water partition coefficient (Wildman–Crippen LogP) is 2.40. The van der Waals surface area contributed by atoms with Crippen LogP contribution in [0.1, 0.15) is 47.5 Å². The van der Waals surface area contributed by atoms with E-state index in [1.54, 1.807) is 0 Å². The Morgan fingerprint density at radius 2 is 2.00 bits per heavy atom. The average Bonchev–Trinajstić information content (AvgIpc) is 2.35. The first-order valence-corrected chi connectivity index (χ1v) is 7.32. The van der Waals surface area contributed by atoms with E-state index in [0.29, 0.717) is 6.04 Å². The third kappa shape index (κ3) is 8.20. The first-order chi connectivity index (χ1) is 8.84. The number of nitriles is 1.